The molecule has 2 aliphatic rings. The SMILES string of the molecule is CCCCCCCCCCCCCCCCC/C=C/CC/C=C/CC/C=C/C(O)C(COC1OC(CO)C(OC2OC(CO)C(O)C(O)C2O)C(O)C1O)NC(=O)CCCCCCCCCCCCCCCCCCCCCCCCCCCCCCCCCCCCCCCCCC. The molecule has 1 amide bonds. The van der Waals surface area contributed by atoms with Gasteiger partial charge in [0.15, 0.2) is 12.6 Å². The molecule has 99 heavy (non-hydrogen) atoms. The van der Waals surface area contributed by atoms with Crippen LogP contribution in [-0.2, 0) is 23.7 Å². The van der Waals surface area contributed by atoms with Gasteiger partial charge in [-0.05, 0) is 44.9 Å². The Morgan fingerprint density at radius 2 is 0.646 bits per heavy atom. The third-order valence-corrected chi connectivity index (χ3v) is 21.1. The molecule has 0 aromatic heterocycles. The summed E-state index contributed by atoms with van der Waals surface area (Å²) in [4.78, 5) is 13.4. The molecule has 0 aromatic rings. The maximum absolute atomic E-state index is 13.4. The second kappa shape index (κ2) is 69.3. The van der Waals surface area contributed by atoms with Crippen molar-refractivity contribution in [3.63, 3.8) is 0 Å². The maximum Gasteiger partial charge on any atom is 0.220 e. The number of aliphatic hydroxyl groups is 8. The van der Waals surface area contributed by atoms with Crippen molar-refractivity contribution in [2.45, 2.75) is 479 Å². The molecule has 14 nitrogen and oxygen atoms in total. The minimum atomic E-state index is -1.79. The van der Waals surface area contributed by atoms with E-state index in [0.717, 1.165) is 44.9 Å². The Balaban J connectivity index is 1.57. The lowest BCUT2D eigenvalue weighted by Gasteiger charge is -2.46. The fourth-order valence-corrected chi connectivity index (χ4v) is 14.3. The lowest BCUT2D eigenvalue weighted by Crippen LogP contribution is -2.65. The Hall–Kier alpha value is -1.79. The first kappa shape index (κ1) is 93.3. The zero-order valence-electron chi connectivity index (χ0n) is 64.3. The van der Waals surface area contributed by atoms with Gasteiger partial charge in [-0.15, -0.1) is 0 Å². The van der Waals surface area contributed by atoms with Crippen molar-refractivity contribution in [2.24, 2.45) is 0 Å². The zero-order valence-corrected chi connectivity index (χ0v) is 64.3. The molecular formula is C85H161NO13. The second-order valence-electron chi connectivity index (χ2n) is 30.3. The molecule has 0 aromatic carbocycles. The van der Waals surface area contributed by atoms with E-state index in [0.29, 0.717) is 12.8 Å². The predicted octanol–water partition coefficient (Wildman–Crippen LogP) is 20.0. The van der Waals surface area contributed by atoms with E-state index >= 15 is 0 Å². The summed E-state index contributed by atoms with van der Waals surface area (Å²) < 4.78 is 22.9. The minimum Gasteiger partial charge on any atom is -0.394 e. The number of rotatable bonds is 73. The normalized spacial score (nSPS) is 22.0. The third kappa shape index (κ3) is 51.9. The largest absolute Gasteiger partial charge is 0.394 e. The molecule has 0 saturated carbocycles. The summed E-state index contributed by atoms with van der Waals surface area (Å²) in [5.41, 5.74) is 0. The standard InChI is InChI=1S/C85H161NO13/c1-3-5-7-9-11-13-15-17-19-21-23-25-27-29-30-31-32-33-34-35-36-37-38-39-40-41-42-43-45-47-49-51-53-55-57-59-61-63-65-67-69-77(90)86-73(72-96-84-82(95)80(93)83(76(71-88)98-84)99-85-81(94)79(92)78(91)75(70-87)97-85)74(89)68-66-64-62-60-58-56-54-52-50-48-46-44-28-26-24-22-20-18-16-14-12-10-8-6-4-2/h50,52,58,60,66,68,73-76,78-85,87-89,91-95H,3-49,51,53-57,59,61-65,67,69-72H2,1-2H3,(H,86,90)/b52-50+,60-58+,68-66+. The summed E-state index contributed by atoms with van der Waals surface area (Å²) in [5.74, 6) is -0.245. The molecule has 2 aliphatic heterocycles. The molecule has 2 fully saturated rings. The molecule has 2 saturated heterocycles. The van der Waals surface area contributed by atoms with Gasteiger partial charge in [-0.1, -0.05) is 391 Å². The average molecular weight is 1410 g/mol. The van der Waals surface area contributed by atoms with E-state index in [1.165, 1.54) is 327 Å². The Morgan fingerprint density at radius 3 is 0.990 bits per heavy atom. The van der Waals surface area contributed by atoms with Crippen molar-refractivity contribution < 1.29 is 64.6 Å². The summed E-state index contributed by atoms with van der Waals surface area (Å²) in [6.45, 7) is 2.85. The van der Waals surface area contributed by atoms with Crippen molar-refractivity contribution in [1.29, 1.82) is 0 Å². The van der Waals surface area contributed by atoms with Gasteiger partial charge in [0.25, 0.3) is 0 Å². The number of unbranched alkanes of at least 4 members (excludes halogenated alkanes) is 56. The fraction of sp³-hybridized carbons (Fsp3) is 0.918. The van der Waals surface area contributed by atoms with Crippen molar-refractivity contribution >= 4 is 5.91 Å². The van der Waals surface area contributed by atoms with Crippen LogP contribution in [0.3, 0.4) is 0 Å². The first-order valence-corrected chi connectivity index (χ1v) is 42.7. The molecule has 9 N–H and O–H groups in total. The highest BCUT2D eigenvalue weighted by Crippen LogP contribution is 2.30. The van der Waals surface area contributed by atoms with Crippen LogP contribution in [0.25, 0.3) is 0 Å². The van der Waals surface area contributed by atoms with Crippen LogP contribution in [0.2, 0.25) is 0 Å². The van der Waals surface area contributed by atoms with Gasteiger partial charge < -0.3 is 65.1 Å². The highest BCUT2D eigenvalue weighted by atomic mass is 16.7. The number of hydrogen-bond donors (Lipinski definition) is 9. The maximum atomic E-state index is 13.4. The van der Waals surface area contributed by atoms with E-state index < -0.39 is 86.8 Å². The van der Waals surface area contributed by atoms with Crippen LogP contribution in [0.5, 0.6) is 0 Å². The Kier molecular flexibility index (Phi) is 65.3. The number of hydrogen-bond acceptors (Lipinski definition) is 13. The quantitative estimate of drug-likeness (QED) is 0.0204. The first-order valence-electron chi connectivity index (χ1n) is 42.7. The van der Waals surface area contributed by atoms with E-state index in [9.17, 15) is 45.6 Å². The van der Waals surface area contributed by atoms with Gasteiger partial charge in [-0.3, -0.25) is 4.79 Å². The van der Waals surface area contributed by atoms with Gasteiger partial charge in [0, 0.05) is 6.42 Å². The summed E-state index contributed by atoms with van der Waals surface area (Å²) in [6, 6.07) is -0.938. The van der Waals surface area contributed by atoms with Crippen molar-refractivity contribution in [2.75, 3.05) is 19.8 Å². The van der Waals surface area contributed by atoms with E-state index in [1.807, 2.05) is 6.08 Å². The molecule has 2 rings (SSSR count). The van der Waals surface area contributed by atoms with Crippen LogP contribution >= 0.6 is 0 Å². The highest BCUT2D eigenvalue weighted by molar-refractivity contribution is 5.76. The van der Waals surface area contributed by atoms with Crippen LogP contribution in [0, 0.1) is 0 Å². The number of allylic oxidation sites excluding steroid dienone is 5. The van der Waals surface area contributed by atoms with Gasteiger partial charge in [-0.2, -0.15) is 0 Å². The van der Waals surface area contributed by atoms with E-state index in [1.54, 1.807) is 6.08 Å². The Bertz CT molecular complexity index is 1800. The van der Waals surface area contributed by atoms with E-state index in [-0.39, 0.29) is 18.9 Å². The zero-order chi connectivity index (χ0) is 71.5. The highest BCUT2D eigenvalue weighted by Gasteiger charge is 2.51. The molecule has 0 aliphatic carbocycles. The monoisotopic (exact) mass is 1400 g/mol. The van der Waals surface area contributed by atoms with Crippen LogP contribution < -0.4 is 5.32 Å². The molecule has 0 bridgehead atoms. The number of amides is 1. The van der Waals surface area contributed by atoms with Crippen molar-refractivity contribution in [3.05, 3.63) is 36.5 Å². The number of aliphatic hydroxyl groups excluding tert-OH is 8. The molecule has 12 unspecified atom stereocenters. The number of carbonyl (C=O) groups is 1. The smallest absolute Gasteiger partial charge is 0.220 e. The van der Waals surface area contributed by atoms with Crippen molar-refractivity contribution in [1.82, 2.24) is 5.32 Å². The summed E-state index contributed by atoms with van der Waals surface area (Å²) >= 11 is 0. The fourth-order valence-electron chi connectivity index (χ4n) is 14.3. The number of nitrogens with one attached hydrogen (secondary N) is 1. The molecule has 14 heteroatoms. The molecule has 0 radical (unpaired) electrons. The summed E-state index contributed by atoms with van der Waals surface area (Å²) in [7, 11) is 0. The minimum absolute atomic E-state index is 0.245. The van der Waals surface area contributed by atoms with Crippen LogP contribution in [-0.4, -0.2) is 140 Å². The van der Waals surface area contributed by atoms with Gasteiger partial charge in [0.2, 0.25) is 5.91 Å². The summed E-state index contributed by atoms with van der Waals surface area (Å²) in [5, 5.41) is 87.7. The van der Waals surface area contributed by atoms with Gasteiger partial charge in [0.1, 0.15) is 48.8 Å². The van der Waals surface area contributed by atoms with Crippen LogP contribution in [0.15, 0.2) is 36.5 Å². The van der Waals surface area contributed by atoms with E-state index in [4.69, 9.17) is 18.9 Å². The van der Waals surface area contributed by atoms with Crippen molar-refractivity contribution in [3.8, 4) is 0 Å². The third-order valence-electron chi connectivity index (χ3n) is 21.1. The van der Waals surface area contributed by atoms with E-state index in [2.05, 4.69) is 43.5 Å². The topological polar surface area (TPSA) is 228 Å². The Morgan fingerprint density at radius 1 is 0.354 bits per heavy atom. The summed E-state index contributed by atoms with van der Waals surface area (Å²) in [6.07, 6.45) is 75.5. The molecule has 0 spiro atoms. The molecule has 2 heterocycles. The molecule has 584 valence electrons. The lowest BCUT2D eigenvalue weighted by atomic mass is 9.97. The van der Waals surface area contributed by atoms with Gasteiger partial charge >= 0.3 is 0 Å². The van der Waals surface area contributed by atoms with Crippen LogP contribution in [0.4, 0.5) is 0 Å². The van der Waals surface area contributed by atoms with Gasteiger partial charge in [0.05, 0.1) is 32.0 Å². The predicted molar refractivity (Wildman–Crippen MR) is 411 cm³/mol. The van der Waals surface area contributed by atoms with Crippen LogP contribution in [0.1, 0.15) is 406 Å². The Labute approximate surface area is 608 Å². The molecule has 12 atom stereocenters. The average Bonchev–Trinajstić information content (AvgIpc) is 0.793. The first-order chi connectivity index (χ1) is 48.6. The number of ether oxygens (including phenoxy) is 4. The lowest BCUT2D eigenvalue weighted by molar-refractivity contribution is -0.359. The second-order valence-corrected chi connectivity index (χ2v) is 30.3. The number of carbonyl (C=O) groups excluding carboxylic acids is 1. The molecular weight excluding hydrogens is 1240 g/mol. The van der Waals surface area contributed by atoms with Gasteiger partial charge in [-0.25, -0.2) is 0 Å².